The van der Waals surface area contributed by atoms with Gasteiger partial charge in [-0.3, -0.25) is 4.79 Å². The van der Waals surface area contributed by atoms with E-state index in [0.717, 1.165) is 45.1 Å². The van der Waals surface area contributed by atoms with Crippen LogP contribution < -0.4 is 5.32 Å². The number of unbranched alkanes of at least 4 members (excludes halogenated alkanes) is 2. The molecule has 1 saturated carbocycles. The lowest BCUT2D eigenvalue weighted by Gasteiger charge is -2.52. The van der Waals surface area contributed by atoms with Crippen molar-refractivity contribution in [2.75, 3.05) is 13.2 Å². The molecule has 1 aliphatic carbocycles. The lowest BCUT2D eigenvalue weighted by atomic mass is 9.70. The van der Waals surface area contributed by atoms with Crippen LogP contribution >= 0.6 is 0 Å². The largest absolute Gasteiger partial charge is 0.375 e. The van der Waals surface area contributed by atoms with Crippen molar-refractivity contribution >= 4 is 5.91 Å². The fraction of sp³-hybridized carbons (Fsp3) is 0.933. The summed E-state index contributed by atoms with van der Waals surface area (Å²) >= 11 is 0. The average Bonchev–Trinajstić information content (AvgIpc) is 2.90. The third kappa shape index (κ3) is 3.11. The molecule has 0 aromatic carbocycles. The molecule has 4 heteroatoms. The van der Waals surface area contributed by atoms with Gasteiger partial charge in [0.2, 0.25) is 5.91 Å². The first-order valence-electron chi connectivity index (χ1n) is 7.78. The Morgan fingerprint density at radius 3 is 2.89 bits per heavy atom. The molecule has 0 unspecified atom stereocenters. The van der Waals surface area contributed by atoms with Gasteiger partial charge >= 0.3 is 0 Å². The van der Waals surface area contributed by atoms with Crippen molar-refractivity contribution < 1.29 is 14.3 Å². The summed E-state index contributed by atoms with van der Waals surface area (Å²) in [6, 6.07) is 0.153. The van der Waals surface area contributed by atoms with Gasteiger partial charge in [0.1, 0.15) is 5.60 Å². The van der Waals surface area contributed by atoms with Crippen LogP contribution in [0.5, 0.6) is 0 Å². The molecule has 1 saturated heterocycles. The molecule has 1 N–H and O–H groups in total. The fourth-order valence-electron chi connectivity index (χ4n) is 3.28. The smallest absolute Gasteiger partial charge is 0.220 e. The highest BCUT2D eigenvalue weighted by atomic mass is 16.6. The zero-order valence-corrected chi connectivity index (χ0v) is 12.2. The summed E-state index contributed by atoms with van der Waals surface area (Å²) in [6.45, 7) is 5.68. The maximum Gasteiger partial charge on any atom is 0.220 e. The number of amides is 1. The van der Waals surface area contributed by atoms with E-state index < -0.39 is 0 Å². The van der Waals surface area contributed by atoms with E-state index in [0.29, 0.717) is 13.0 Å². The van der Waals surface area contributed by atoms with E-state index in [1.54, 1.807) is 0 Å². The Kier molecular flexibility index (Phi) is 5.22. The number of carbonyl (C=O) groups excluding carboxylic acids is 1. The maximum absolute atomic E-state index is 11.9. The second kappa shape index (κ2) is 6.71. The molecule has 1 aliphatic heterocycles. The third-order valence-corrected chi connectivity index (χ3v) is 4.38. The van der Waals surface area contributed by atoms with Crippen LogP contribution in [0.15, 0.2) is 0 Å². The monoisotopic (exact) mass is 269 g/mol. The number of rotatable bonds is 7. The number of hydrogen-bond acceptors (Lipinski definition) is 3. The molecule has 3 atom stereocenters. The highest BCUT2D eigenvalue weighted by molar-refractivity contribution is 5.76. The molecule has 0 radical (unpaired) electrons. The SMILES string of the molecule is CCCCCC(=O)N[C@@H]1C[C@H](OCC)[C@@]12CCCO2. The standard InChI is InChI=1S/C15H27NO3/c1-3-5-6-8-14(17)16-12-11-13(18-4-2)15(12)9-7-10-19-15/h12-13H,3-11H2,1-2H3,(H,16,17)/t12-,13+,15-/m1/s1. The van der Waals surface area contributed by atoms with Crippen LogP contribution in [0.4, 0.5) is 0 Å². The first kappa shape index (κ1) is 14.8. The third-order valence-electron chi connectivity index (χ3n) is 4.38. The summed E-state index contributed by atoms with van der Waals surface area (Å²) in [5, 5.41) is 3.15. The number of hydrogen-bond donors (Lipinski definition) is 1. The molecule has 1 amide bonds. The minimum absolute atomic E-state index is 0.153. The minimum Gasteiger partial charge on any atom is -0.375 e. The topological polar surface area (TPSA) is 47.6 Å². The van der Waals surface area contributed by atoms with Crippen LogP contribution in [0.1, 0.15) is 58.8 Å². The van der Waals surface area contributed by atoms with Crippen molar-refractivity contribution in [3.63, 3.8) is 0 Å². The number of nitrogens with one attached hydrogen (secondary N) is 1. The van der Waals surface area contributed by atoms with Crippen LogP contribution in [0, 0.1) is 0 Å². The highest BCUT2D eigenvalue weighted by Crippen LogP contribution is 2.45. The van der Waals surface area contributed by atoms with Gasteiger partial charge < -0.3 is 14.8 Å². The molecule has 1 spiro atoms. The van der Waals surface area contributed by atoms with Crippen molar-refractivity contribution in [3.8, 4) is 0 Å². The van der Waals surface area contributed by atoms with Crippen LogP contribution in [0.2, 0.25) is 0 Å². The Morgan fingerprint density at radius 1 is 1.42 bits per heavy atom. The van der Waals surface area contributed by atoms with Crippen LogP contribution in [-0.2, 0) is 14.3 Å². The van der Waals surface area contributed by atoms with E-state index in [4.69, 9.17) is 9.47 Å². The molecule has 0 aromatic heterocycles. The molecular weight excluding hydrogens is 242 g/mol. The van der Waals surface area contributed by atoms with Crippen molar-refractivity contribution in [2.24, 2.45) is 0 Å². The van der Waals surface area contributed by atoms with Crippen molar-refractivity contribution in [2.45, 2.75) is 76.5 Å². The van der Waals surface area contributed by atoms with Gasteiger partial charge in [0.15, 0.2) is 0 Å². The lowest BCUT2D eigenvalue weighted by molar-refractivity contribution is -0.198. The van der Waals surface area contributed by atoms with Gasteiger partial charge in [-0.1, -0.05) is 19.8 Å². The van der Waals surface area contributed by atoms with Crippen LogP contribution in [0.25, 0.3) is 0 Å². The molecule has 19 heavy (non-hydrogen) atoms. The first-order chi connectivity index (χ1) is 9.23. The van der Waals surface area contributed by atoms with E-state index in [2.05, 4.69) is 12.2 Å². The molecular formula is C15H27NO3. The van der Waals surface area contributed by atoms with Gasteiger partial charge in [-0.2, -0.15) is 0 Å². The Bertz CT molecular complexity index is 300. The van der Waals surface area contributed by atoms with E-state index in [9.17, 15) is 4.79 Å². The second-order valence-electron chi connectivity index (χ2n) is 5.66. The Labute approximate surface area is 116 Å². The van der Waals surface area contributed by atoms with Gasteiger partial charge in [0, 0.05) is 19.6 Å². The molecule has 2 fully saturated rings. The summed E-state index contributed by atoms with van der Waals surface area (Å²) in [5.41, 5.74) is -0.226. The summed E-state index contributed by atoms with van der Waals surface area (Å²) in [7, 11) is 0. The predicted molar refractivity (Wildman–Crippen MR) is 74.0 cm³/mol. The van der Waals surface area contributed by atoms with Gasteiger partial charge in [0.25, 0.3) is 0 Å². The average molecular weight is 269 g/mol. The van der Waals surface area contributed by atoms with Crippen LogP contribution in [0.3, 0.4) is 0 Å². The molecule has 2 rings (SSSR count). The zero-order valence-electron chi connectivity index (χ0n) is 12.2. The maximum atomic E-state index is 11.9. The molecule has 1 heterocycles. The first-order valence-corrected chi connectivity index (χ1v) is 7.78. The van der Waals surface area contributed by atoms with Crippen molar-refractivity contribution in [3.05, 3.63) is 0 Å². The molecule has 110 valence electrons. The summed E-state index contributed by atoms with van der Waals surface area (Å²) < 4.78 is 11.7. The van der Waals surface area contributed by atoms with E-state index in [1.165, 1.54) is 0 Å². The number of carbonyl (C=O) groups is 1. The van der Waals surface area contributed by atoms with E-state index in [1.807, 2.05) is 6.92 Å². The Morgan fingerprint density at radius 2 is 2.26 bits per heavy atom. The van der Waals surface area contributed by atoms with Gasteiger partial charge in [-0.25, -0.2) is 0 Å². The van der Waals surface area contributed by atoms with Crippen molar-refractivity contribution in [1.29, 1.82) is 0 Å². The van der Waals surface area contributed by atoms with Gasteiger partial charge in [0.05, 0.1) is 12.1 Å². The lowest BCUT2D eigenvalue weighted by Crippen LogP contribution is -2.69. The summed E-state index contributed by atoms with van der Waals surface area (Å²) in [5.74, 6) is 0.170. The number of ether oxygens (including phenoxy) is 2. The Hall–Kier alpha value is -0.610. The van der Waals surface area contributed by atoms with Gasteiger partial charge in [-0.05, 0) is 32.6 Å². The normalized spacial score (nSPS) is 33.4. The summed E-state index contributed by atoms with van der Waals surface area (Å²) in [4.78, 5) is 11.9. The Balaban J connectivity index is 1.82. The quantitative estimate of drug-likeness (QED) is 0.722. The molecule has 4 nitrogen and oxygen atoms in total. The van der Waals surface area contributed by atoms with E-state index in [-0.39, 0.29) is 23.7 Å². The molecule has 0 bridgehead atoms. The molecule has 2 aliphatic rings. The zero-order chi connectivity index (χ0) is 13.7. The van der Waals surface area contributed by atoms with E-state index >= 15 is 0 Å². The van der Waals surface area contributed by atoms with Crippen LogP contribution in [-0.4, -0.2) is 36.9 Å². The predicted octanol–water partition coefficient (Wildman–Crippen LogP) is 2.41. The summed E-state index contributed by atoms with van der Waals surface area (Å²) in [6.07, 6.45) is 7.05. The molecule has 0 aromatic rings. The van der Waals surface area contributed by atoms with Crippen molar-refractivity contribution in [1.82, 2.24) is 5.32 Å². The second-order valence-corrected chi connectivity index (χ2v) is 5.66. The highest BCUT2D eigenvalue weighted by Gasteiger charge is 2.59. The van der Waals surface area contributed by atoms with Gasteiger partial charge in [-0.15, -0.1) is 0 Å². The fourth-order valence-corrected chi connectivity index (χ4v) is 3.28. The minimum atomic E-state index is -0.226.